The Bertz CT molecular complexity index is 653. The summed E-state index contributed by atoms with van der Waals surface area (Å²) in [6.45, 7) is 0.362. The van der Waals surface area contributed by atoms with Crippen molar-refractivity contribution in [3.05, 3.63) is 69.8 Å². The van der Waals surface area contributed by atoms with Gasteiger partial charge in [-0.25, -0.2) is 0 Å². The molecule has 0 saturated carbocycles. The van der Waals surface area contributed by atoms with E-state index in [1.807, 2.05) is 24.3 Å². The second-order valence-electron chi connectivity index (χ2n) is 4.62. The molecule has 2 aromatic rings. The molecule has 0 N–H and O–H groups in total. The minimum Gasteiger partial charge on any atom is -0.489 e. The molecule has 0 aliphatic carbocycles. The van der Waals surface area contributed by atoms with Crippen molar-refractivity contribution in [1.82, 2.24) is 0 Å². The van der Waals surface area contributed by atoms with Gasteiger partial charge in [0.2, 0.25) is 0 Å². The second kappa shape index (κ2) is 4.61. The minimum absolute atomic E-state index is 0.0622. The van der Waals surface area contributed by atoms with Crippen LogP contribution in [0.4, 0.5) is 5.69 Å². The number of nitro benzene ring substituents is 1. The number of para-hydroxylation sites is 1. The minimum atomic E-state index is -0.703. The van der Waals surface area contributed by atoms with E-state index in [9.17, 15) is 10.1 Å². The first-order valence-electron chi connectivity index (χ1n) is 6.20. The normalized spacial score (nSPS) is 20.2. The van der Waals surface area contributed by atoms with Gasteiger partial charge in [-0.3, -0.25) is 10.1 Å². The third kappa shape index (κ3) is 1.75. The molecule has 2 aromatic carbocycles. The van der Waals surface area contributed by atoms with Crippen LogP contribution in [0, 0.1) is 10.1 Å². The van der Waals surface area contributed by atoms with Crippen molar-refractivity contribution >= 4 is 5.69 Å². The molecule has 20 heavy (non-hydrogen) atoms. The molecule has 0 aromatic heterocycles. The van der Waals surface area contributed by atoms with Gasteiger partial charge in [0.15, 0.2) is 5.60 Å². The summed E-state index contributed by atoms with van der Waals surface area (Å²) in [5.41, 5.74) is 1.14. The van der Waals surface area contributed by atoms with E-state index in [1.165, 1.54) is 12.1 Å². The molecule has 0 spiro atoms. The van der Waals surface area contributed by atoms with Gasteiger partial charge in [-0.1, -0.05) is 18.2 Å². The lowest BCUT2D eigenvalue weighted by Crippen LogP contribution is -2.31. The summed E-state index contributed by atoms with van der Waals surface area (Å²) in [6.07, 6.45) is 0. The first-order valence-corrected chi connectivity index (χ1v) is 6.20. The molecule has 0 radical (unpaired) electrons. The van der Waals surface area contributed by atoms with Crippen molar-refractivity contribution in [3.8, 4) is 5.75 Å². The number of methoxy groups -OCH3 is 1. The number of hydrogen-bond acceptors (Lipinski definition) is 4. The zero-order valence-electron chi connectivity index (χ0n) is 10.9. The summed E-state index contributed by atoms with van der Waals surface area (Å²) in [5.74, 6) is 0.785. The van der Waals surface area contributed by atoms with Gasteiger partial charge in [0, 0.05) is 24.8 Å². The van der Waals surface area contributed by atoms with E-state index >= 15 is 0 Å². The topological polar surface area (TPSA) is 61.6 Å². The fourth-order valence-electron chi connectivity index (χ4n) is 2.56. The smallest absolute Gasteiger partial charge is 0.269 e. The number of hydrogen-bond donors (Lipinski definition) is 0. The van der Waals surface area contributed by atoms with E-state index in [2.05, 4.69) is 0 Å². The largest absolute Gasteiger partial charge is 0.489 e. The third-order valence-electron chi connectivity index (χ3n) is 3.65. The van der Waals surface area contributed by atoms with Gasteiger partial charge in [0.05, 0.1) is 4.92 Å². The maximum atomic E-state index is 10.7. The summed E-state index contributed by atoms with van der Waals surface area (Å²) in [4.78, 5) is 10.3. The highest BCUT2D eigenvalue weighted by Gasteiger charge is 2.42. The lowest BCUT2D eigenvalue weighted by Gasteiger charge is -2.26. The molecule has 1 aliphatic rings. The van der Waals surface area contributed by atoms with E-state index in [0.717, 1.165) is 16.9 Å². The number of fused-ring (bicyclic) bond motifs is 1. The molecule has 0 bridgehead atoms. The van der Waals surface area contributed by atoms with Crippen molar-refractivity contribution in [1.29, 1.82) is 0 Å². The van der Waals surface area contributed by atoms with Crippen molar-refractivity contribution in [2.75, 3.05) is 13.7 Å². The fourth-order valence-corrected chi connectivity index (χ4v) is 2.56. The Balaban J connectivity index is 2.09. The van der Waals surface area contributed by atoms with E-state index in [-0.39, 0.29) is 5.69 Å². The van der Waals surface area contributed by atoms with Crippen LogP contribution >= 0.6 is 0 Å². The van der Waals surface area contributed by atoms with Crippen LogP contribution in [-0.2, 0) is 10.3 Å². The molecule has 102 valence electrons. The van der Waals surface area contributed by atoms with E-state index in [4.69, 9.17) is 9.47 Å². The van der Waals surface area contributed by atoms with Crippen molar-refractivity contribution in [2.45, 2.75) is 5.60 Å². The van der Waals surface area contributed by atoms with Crippen molar-refractivity contribution < 1.29 is 14.4 Å². The monoisotopic (exact) mass is 271 g/mol. The molecular weight excluding hydrogens is 258 g/mol. The highest BCUT2D eigenvalue weighted by atomic mass is 16.6. The Kier molecular flexibility index (Phi) is 2.91. The van der Waals surface area contributed by atoms with Crippen LogP contribution in [0.25, 0.3) is 0 Å². The predicted octanol–water partition coefficient (Wildman–Crippen LogP) is 2.88. The molecule has 5 heteroatoms. The zero-order valence-corrected chi connectivity index (χ0v) is 10.9. The lowest BCUT2D eigenvalue weighted by molar-refractivity contribution is -0.384. The van der Waals surface area contributed by atoms with E-state index < -0.39 is 10.5 Å². The van der Waals surface area contributed by atoms with Gasteiger partial charge in [-0.15, -0.1) is 0 Å². The summed E-state index contributed by atoms with van der Waals surface area (Å²) >= 11 is 0. The Labute approximate surface area is 115 Å². The second-order valence-corrected chi connectivity index (χ2v) is 4.62. The van der Waals surface area contributed by atoms with Crippen LogP contribution in [0.3, 0.4) is 0 Å². The molecular formula is C15H13NO4. The van der Waals surface area contributed by atoms with Gasteiger partial charge < -0.3 is 9.47 Å². The fraction of sp³-hybridized carbons (Fsp3) is 0.200. The molecule has 0 fully saturated rings. The number of ether oxygens (including phenoxy) is 2. The number of rotatable bonds is 3. The van der Waals surface area contributed by atoms with E-state index in [1.54, 1.807) is 19.2 Å². The predicted molar refractivity (Wildman–Crippen MR) is 72.8 cm³/mol. The first-order chi connectivity index (χ1) is 9.67. The maximum Gasteiger partial charge on any atom is 0.269 e. The number of nitrogens with zero attached hydrogens (tertiary/aromatic N) is 1. The average Bonchev–Trinajstić information content (AvgIpc) is 2.87. The van der Waals surface area contributed by atoms with Crippen LogP contribution in [0.5, 0.6) is 5.75 Å². The highest BCUT2D eigenvalue weighted by molar-refractivity contribution is 5.50. The molecule has 0 unspecified atom stereocenters. The quantitative estimate of drug-likeness (QED) is 0.636. The molecule has 0 saturated heterocycles. The zero-order chi connectivity index (χ0) is 14.2. The summed E-state index contributed by atoms with van der Waals surface area (Å²) < 4.78 is 11.4. The summed E-state index contributed by atoms with van der Waals surface area (Å²) in [5, 5.41) is 10.7. The van der Waals surface area contributed by atoms with Crippen LogP contribution < -0.4 is 4.74 Å². The first kappa shape index (κ1) is 12.6. The molecule has 5 nitrogen and oxygen atoms in total. The standard InChI is InChI=1S/C15H13NO4/c1-19-15(10-20-14-5-3-2-4-13(14)15)11-6-8-12(9-7-11)16(17)18/h2-9H,10H2,1H3/t15-/m0/s1. The van der Waals surface area contributed by atoms with Gasteiger partial charge in [0.25, 0.3) is 5.69 Å². The summed E-state index contributed by atoms with van der Waals surface area (Å²) in [7, 11) is 1.62. The average molecular weight is 271 g/mol. The third-order valence-corrected chi connectivity index (χ3v) is 3.65. The van der Waals surface area contributed by atoms with Crippen LogP contribution in [0.2, 0.25) is 0 Å². The molecule has 0 amide bonds. The lowest BCUT2D eigenvalue weighted by atomic mass is 9.88. The number of nitro groups is 1. The molecule has 1 atom stereocenters. The Hall–Kier alpha value is -2.40. The van der Waals surface area contributed by atoms with Crippen LogP contribution in [0.1, 0.15) is 11.1 Å². The van der Waals surface area contributed by atoms with Crippen LogP contribution in [0.15, 0.2) is 48.5 Å². The SMILES string of the molecule is CO[C@]1(c2ccc([N+](=O)[O-])cc2)COc2ccccc21. The molecule has 1 heterocycles. The van der Waals surface area contributed by atoms with E-state index in [0.29, 0.717) is 6.61 Å². The highest BCUT2D eigenvalue weighted by Crippen LogP contribution is 2.44. The van der Waals surface area contributed by atoms with Crippen molar-refractivity contribution in [3.63, 3.8) is 0 Å². The van der Waals surface area contributed by atoms with Gasteiger partial charge in [0.1, 0.15) is 12.4 Å². The maximum absolute atomic E-state index is 10.7. The Morgan fingerprint density at radius 2 is 1.90 bits per heavy atom. The molecule has 3 rings (SSSR count). The van der Waals surface area contributed by atoms with Crippen LogP contribution in [-0.4, -0.2) is 18.6 Å². The summed E-state index contributed by atoms with van der Waals surface area (Å²) in [6, 6.07) is 14.1. The van der Waals surface area contributed by atoms with Crippen molar-refractivity contribution in [2.24, 2.45) is 0 Å². The van der Waals surface area contributed by atoms with Gasteiger partial charge >= 0.3 is 0 Å². The number of benzene rings is 2. The Morgan fingerprint density at radius 1 is 1.20 bits per heavy atom. The Morgan fingerprint density at radius 3 is 2.55 bits per heavy atom. The number of non-ortho nitro benzene ring substituents is 1. The molecule has 1 aliphatic heterocycles. The van der Waals surface area contributed by atoms with Gasteiger partial charge in [-0.2, -0.15) is 0 Å². The van der Waals surface area contributed by atoms with Gasteiger partial charge in [-0.05, 0) is 23.8 Å².